The zero-order valence-electron chi connectivity index (χ0n) is 11.4. The van der Waals surface area contributed by atoms with Crippen LogP contribution in [0.3, 0.4) is 0 Å². The quantitative estimate of drug-likeness (QED) is 0.868. The summed E-state index contributed by atoms with van der Waals surface area (Å²) in [5, 5.41) is 3.46. The molecule has 4 nitrogen and oxygen atoms in total. The molecule has 0 aliphatic carbocycles. The van der Waals surface area contributed by atoms with Crippen LogP contribution in [0.1, 0.15) is 19.8 Å². The number of ether oxygens (including phenoxy) is 1. The van der Waals surface area contributed by atoms with E-state index in [2.05, 4.69) is 22.2 Å². The fourth-order valence-corrected chi connectivity index (χ4v) is 2.42. The molecule has 100 valence electrons. The Morgan fingerprint density at radius 3 is 3.06 bits per heavy atom. The van der Waals surface area contributed by atoms with Crippen molar-refractivity contribution >= 4 is 5.69 Å². The van der Waals surface area contributed by atoms with Gasteiger partial charge in [0.05, 0.1) is 18.5 Å². The number of hydrogen-bond donors (Lipinski definition) is 1. The normalized spacial score (nSPS) is 20.7. The van der Waals surface area contributed by atoms with Gasteiger partial charge in [-0.25, -0.2) is 4.98 Å². The van der Waals surface area contributed by atoms with Crippen LogP contribution in [0.4, 0.5) is 5.69 Å². The monoisotopic (exact) mass is 249 g/mol. The summed E-state index contributed by atoms with van der Waals surface area (Å²) in [6.45, 7) is 6.08. The highest BCUT2D eigenvalue weighted by Gasteiger charge is 2.16. The minimum absolute atomic E-state index is 0.661. The minimum atomic E-state index is 0.661. The van der Waals surface area contributed by atoms with Crippen LogP contribution in [0.15, 0.2) is 18.3 Å². The number of hydrogen-bond acceptors (Lipinski definition) is 4. The van der Waals surface area contributed by atoms with Crippen LogP contribution in [0.5, 0.6) is 5.88 Å². The SMILES string of the molecule is CCOc1ccc(NCC2CCCN(C)C2)cn1. The molecule has 2 rings (SSSR count). The van der Waals surface area contributed by atoms with Gasteiger partial charge in [-0.15, -0.1) is 0 Å². The number of anilines is 1. The van der Waals surface area contributed by atoms with Gasteiger partial charge in [-0.3, -0.25) is 0 Å². The summed E-state index contributed by atoms with van der Waals surface area (Å²) in [5.74, 6) is 1.44. The summed E-state index contributed by atoms with van der Waals surface area (Å²) in [4.78, 5) is 6.66. The predicted molar refractivity (Wildman–Crippen MR) is 74.1 cm³/mol. The first kappa shape index (κ1) is 13.1. The van der Waals surface area contributed by atoms with Crippen molar-refractivity contribution in [3.63, 3.8) is 0 Å². The van der Waals surface area contributed by atoms with Crippen molar-refractivity contribution in [1.29, 1.82) is 0 Å². The average Bonchev–Trinajstić information content (AvgIpc) is 2.38. The van der Waals surface area contributed by atoms with Gasteiger partial charge in [0.2, 0.25) is 5.88 Å². The second-order valence-electron chi connectivity index (χ2n) is 4.97. The van der Waals surface area contributed by atoms with Crippen molar-refractivity contribution in [2.24, 2.45) is 5.92 Å². The Balaban J connectivity index is 1.78. The largest absolute Gasteiger partial charge is 0.478 e. The Bertz CT molecular complexity index is 353. The van der Waals surface area contributed by atoms with Crippen LogP contribution in [0.25, 0.3) is 0 Å². The average molecular weight is 249 g/mol. The van der Waals surface area contributed by atoms with Gasteiger partial charge in [-0.05, 0) is 45.3 Å². The molecule has 1 aliphatic rings. The first-order chi connectivity index (χ1) is 8.78. The number of nitrogens with one attached hydrogen (secondary N) is 1. The first-order valence-corrected chi connectivity index (χ1v) is 6.79. The number of nitrogens with zero attached hydrogens (tertiary/aromatic N) is 2. The van der Waals surface area contributed by atoms with Crippen molar-refractivity contribution < 1.29 is 4.74 Å². The zero-order valence-corrected chi connectivity index (χ0v) is 11.4. The van der Waals surface area contributed by atoms with Crippen LogP contribution in [-0.2, 0) is 0 Å². The van der Waals surface area contributed by atoms with E-state index in [1.54, 1.807) is 0 Å². The summed E-state index contributed by atoms with van der Waals surface area (Å²) in [6, 6.07) is 3.95. The molecule has 1 fully saturated rings. The van der Waals surface area contributed by atoms with Gasteiger partial charge < -0.3 is 15.0 Å². The standard InChI is InChI=1S/C14H23N3O/c1-3-18-14-7-6-13(10-16-14)15-9-12-5-4-8-17(2)11-12/h6-7,10,12,15H,3-5,8-9,11H2,1-2H3. The van der Waals surface area contributed by atoms with Crippen molar-refractivity contribution in [3.05, 3.63) is 18.3 Å². The molecule has 1 unspecified atom stereocenters. The van der Waals surface area contributed by atoms with Gasteiger partial charge in [-0.1, -0.05) is 0 Å². The van der Waals surface area contributed by atoms with Crippen molar-refractivity contribution in [2.45, 2.75) is 19.8 Å². The topological polar surface area (TPSA) is 37.4 Å². The molecule has 1 N–H and O–H groups in total. The van der Waals surface area contributed by atoms with Gasteiger partial charge in [0, 0.05) is 19.2 Å². The lowest BCUT2D eigenvalue weighted by Crippen LogP contribution is -2.35. The van der Waals surface area contributed by atoms with E-state index in [0.29, 0.717) is 12.5 Å². The minimum Gasteiger partial charge on any atom is -0.478 e. The smallest absolute Gasteiger partial charge is 0.213 e. The molecular formula is C14H23N3O. The van der Waals surface area contributed by atoms with Crippen LogP contribution >= 0.6 is 0 Å². The van der Waals surface area contributed by atoms with E-state index >= 15 is 0 Å². The Kier molecular flexibility index (Phi) is 4.81. The molecule has 1 aromatic heterocycles. The van der Waals surface area contributed by atoms with E-state index in [1.165, 1.54) is 25.9 Å². The maximum absolute atomic E-state index is 5.32. The molecule has 1 aliphatic heterocycles. The molecule has 0 saturated carbocycles. The lowest BCUT2D eigenvalue weighted by Gasteiger charge is -2.29. The molecule has 0 amide bonds. The van der Waals surface area contributed by atoms with E-state index in [1.807, 2.05) is 25.3 Å². The Morgan fingerprint density at radius 1 is 1.50 bits per heavy atom. The summed E-state index contributed by atoms with van der Waals surface area (Å²) >= 11 is 0. The third-order valence-corrected chi connectivity index (χ3v) is 3.35. The Labute approximate surface area is 109 Å². The third kappa shape index (κ3) is 3.88. The Morgan fingerprint density at radius 2 is 2.39 bits per heavy atom. The molecule has 0 spiro atoms. The van der Waals surface area contributed by atoms with E-state index in [-0.39, 0.29) is 0 Å². The lowest BCUT2D eigenvalue weighted by molar-refractivity contribution is 0.217. The van der Waals surface area contributed by atoms with Gasteiger partial charge in [-0.2, -0.15) is 0 Å². The van der Waals surface area contributed by atoms with Crippen LogP contribution in [0.2, 0.25) is 0 Å². The van der Waals surface area contributed by atoms with Gasteiger partial charge in [0.15, 0.2) is 0 Å². The molecule has 0 aromatic carbocycles. The Hall–Kier alpha value is -1.29. The van der Waals surface area contributed by atoms with Gasteiger partial charge >= 0.3 is 0 Å². The summed E-state index contributed by atoms with van der Waals surface area (Å²) in [5.41, 5.74) is 1.08. The molecule has 18 heavy (non-hydrogen) atoms. The van der Waals surface area contributed by atoms with Crippen LogP contribution in [-0.4, -0.2) is 43.2 Å². The van der Waals surface area contributed by atoms with Crippen LogP contribution in [0, 0.1) is 5.92 Å². The number of rotatable bonds is 5. The van der Waals surface area contributed by atoms with Crippen molar-refractivity contribution in [2.75, 3.05) is 38.6 Å². The molecule has 1 saturated heterocycles. The van der Waals surface area contributed by atoms with Crippen LogP contribution < -0.4 is 10.1 Å². The second-order valence-corrected chi connectivity index (χ2v) is 4.97. The number of aromatic nitrogens is 1. The molecular weight excluding hydrogens is 226 g/mol. The van der Waals surface area contributed by atoms with Gasteiger partial charge in [0.1, 0.15) is 0 Å². The highest BCUT2D eigenvalue weighted by Crippen LogP contribution is 2.17. The maximum Gasteiger partial charge on any atom is 0.213 e. The fourth-order valence-electron chi connectivity index (χ4n) is 2.42. The molecule has 0 radical (unpaired) electrons. The summed E-state index contributed by atoms with van der Waals surface area (Å²) in [6.07, 6.45) is 4.48. The zero-order chi connectivity index (χ0) is 12.8. The highest BCUT2D eigenvalue weighted by atomic mass is 16.5. The lowest BCUT2D eigenvalue weighted by atomic mass is 9.98. The number of piperidine rings is 1. The predicted octanol–water partition coefficient (Wildman–Crippen LogP) is 2.23. The molecule has 1 atom stereocenters. The van der Waals surface area contributed by atoms with E-state index < -0.39 is 0 Å². The summed E-state index contributed by atoms with van der Waals surface area (Å²) in [7, 11) is 2.20. The second kappa shape index (κ2) is 6.59. The number of pyridine rings is 1. The summed E-state index contributed by atoms with van der Waals surface area (Å²) < 4.78 is 5.32. The number of likely N-dealkylation sites (tertiary alicyclic amines) is 1. The highest BCUT2D eigenvalue weighted by molar-refractivity contribution is 5.42. The van der Waals surface area contributed by atoms with Crippen molar-refractivity contribution in [3.8, 4) is 5.88 Å². The molecule has 1 aromatic rings. The maximum atomic E-state index is 5.32. The van der Waals surface area contributed by atoms with Crippen molar-refractivity contribution in [1.82, 2.24) is 9.88 Å². The fraction of sp³-hybridized carbons (Fsp3) is 0.643. The van der Waals surface area contributed by atoms with Gasteiger partial charge in [0.25, 0.3) is 0 Å². The molecule has 2 heterocycles. The van der Waals surface area contributed by atoms with E-state index in [4.69, 9.17) is 4.74 Å². The van der Waals surface area contributed by atoms with E-state index in [9.17, 15) is 0 Å². The molecule has 4 heteroatoms. The molecule has 0 bridgehead atoms. The third-order valence-electron chi connectivity index (χ3n) is 3.35. The first-order valence-electron chi connectivity index (χ1n) is 6.79. The van der Waals surface area contributed by atoms with E-state index in [0.717, 1.165) is 18.2 Å².